The van der Waals surface area contributed by atoms with Gasteiger partial charge in [0, 0.05) is 12.1 Å². The number of carbonyl (C=O) groups excluding carboxylic acids is 3. The standard InChI is InChI=1S/C27H45N3O4/c1-12-16-30(24(32)21(17(2)3)28-25(33)34-27(9,10)11)22(23(31)29-26(6,7)8)20-15-13-14-18(4)19(20)5/h13-15,17,21-22H,12,16H2,1-11H3,(H,28,33)(H,29,31). The average Bonchev–Trinajstić information content (AvgIpc) is 2.65. The van der Waals surface area contributed by atoms with Gasteiger partial charge in [-0.2, -0.15) is 0 Å². The Bertz CT molecular complexity index is 866. The smallest absolute Gasteiger partial charge is 0.408 e. The fraction of sp³-hybridized carbons (Fsp3) is 0.667. The van der Waals surface area contributed by atoms with Gasteiger partial charge in [-0.15, -0.1) is 0 Å². The van der Waals surface area contributed by atoms with E-state index in [1.54, 1.807) is 25.7 Å². The van der Waals surface area contributed by atoms with E-state index in [1.165, 1.54) is 0 Å². The largest absolute Gasteiger partial charge is 0.444 e. The van der Waals surface area contributed by atoms with Crippen LogP contribution in [0.3, 0.4) is 0 Å². The SMILES string of the molecule is CCCN(C(=O)C(NC(=O)OC(C)(C)C)C(C)C)C(C(=O)NC(C)(C)C)c1cccc(C)c1C. The van der Waals surface area contributed by atoms with Crippen molar-refractivity contribution in [1.82, 2.24) is 15.5 Å². The van der Waals surface area contributed by atoms with Crippen molar-refractivity contribution >= 4 is 17.9 Å². The minimum Gasteiger partial charge on any atom is -0.444 e. The van der Waals surface area contributed by atoms with Crippen LogP contribution < -0.4 is 10.6 Å². The Labute approximate surface area is 206 Å². The second kappa shape index (κ2) is 11.7. The minimum atomic E-state index is -0.837. The molecule has 1 aromatic carbocycles. The number of rotatable bonds is 8. The van der Waals surface area contributed by atoms with Gasteiger partial charge in [0.25, 0.3) is 0 Å². The molecule has 34 heavy (non-hydrogen) atoms. The monoisotopic (exact) mass is 475 g/mol. The molecule has 0 aliphatic rings. The highest BCUT2D eigenvalue weighted by atomic mass is 16.6. The molecule has 0 aromatic heterocycles. The van der Waals surface area contributed by atoms with E-state index >= 15 is 0 Å². The third kappa shape index (κ3) is 8.65. The van der Waals surface area contributed by atoms with Crippen molar-refractivity contribution < 1.29 is 19.1 Å². The van der Waals surface area contributed by atoms with Crippen LogP contribution in [0.1, 0.15) is 91.5 Å². The molecule has 7 heteroatoms. The number of nitrogens with one attached hydrogen (secondary N) is 2. The van der Waals surface area contributed by atoms with Crippen LogP contribution in [-0.2, 0) is 14.3 Å². The van der Waals surface area contributed by atoms with Gasteiger partial charge < -0.3 is 20.3 Å². The predicted octanol–water partition coefficient (Wildman–Crippen LogP) is 5.05. The van der Waals surface area contributed by atoms with E-state index in [2.05, 4.69) is 10.6 Å². The highest BCUT2D eigenvalue weighted by Gasteiger charge is 2.38. The molecule has 0 fully saturated rings. The topological polar surface area (TPSA) is 87.7 Å². The first kappa shape index (κ1) is 29.5. The molecule has 0 aliphatic carbocycles. The van der Waals surface area contributed by atoms with Crippen LogP contribution in [-0.4, -0.2) is 46.5 Å². The van der Waals surface area contributed by atoms with Crippen LogP contribution in [0.25, 0.3) is 0 Å². The molecule has 2 N–H and O–H groups in total. The summed E-state index contributed by atoms with van der Waals surface area (Å²) in [6.07, 6.45) is 0.00564. The molecule has 1 aromatic rings. The van der Waals surface area contributed by atoms with Gasteiger partial charge in [0.05, 0.1) is 0 Å². The van der Waals surface area contributed by atoms with Gasteiger partial charge >= 0.3 is 6.09 Å². The Kier molecular flexibility index (Phi) is 10.2. The molecule has 2 unspecified atom stereocenters. The zero-order chi connectivity index (χ0) is 26.4. The average molecular weight is 476 g/mol. The molecule has 0 spiro atoms. The summed E-state index contributed by atoms with van der Waals surface area (Å²) in [7, 11) is 0. The molecule has 0 bridgehead atoms. The number of aryl methyl sites for hydroxylation is 1. The molecule has 7 nitrogen and oxygen atoms in total. The fourth-order valence-electron chi connectivity index (χ4n) is 3.69. The molecular weight excluding hydrogens is 430 g/mol. The van der Waals surface area contributed by atoms with Gasteiger partial charge in [-0.05, 0) is 84.4 Å². The zero-order valence-electron chi connectivity index (χ0n) is 23.0. The Morgan fingerprint density at radius 2 is 1.62 bits per heavy atom. The second-order valence-corrected chi connectivity index (χ2v) is 11.3. The van der Waals surface area contributed by atoms with E-state index in [1.807, 2.05) is 73.6 Å². The lowest BCUT2D eigenvalue weighted by atomic mass is 9.93. The Balaban J connectivity index is 3.53. The maximum Gasteiger partial charge on any atom is 0.408 e. The molecule has 1 rings (SSSR count). The van der Waals surface area contributed by atoms with Crippen molar-refractivity contribution in [3.63, 3.8) is 0 Å². The maximum atomic E-state index is 13.9. The summed E-state index contributed by atoms with van der Waals surface area (Å²) in [5.41, 5.74) is 1.63. The molecule has 0 aliphatic heterocycles. The van der Waals surface area contributed by atoms with Gasteiger partial charge in [-0.3, -0.25) is 9.59 Å². The molecule has 0 saturated carbocycles. The van der Waals surface area contributed by atoms with E-state index in [9.17, 15) is 14.4 Å². The molecule has 2 atom stereocenters. The summed E-state index contributed by atoms with van der Waals surface area (Å²) in [4.78, 5) is 41.7. The van der Waals surface area contributed by atoms with Gasteiger partial charge in [0.15, 0.2) is 0 Å². The summed E-state index contributed by atoms with van der Waals surface area (Å²) in [6, 6.07) is 4.13. The van der Waals surface area contributed by atoms with Crippen molar-refractivity contribution in [2.24, 2.45) is 5.92 Å². The maximum absolute atomic E-state index is 13.9. The number of benzene rings is 1. The third-order valence-corrected chi connectivity index (χ3v) is 5.35. The highest BCUT2D eigenvalue weighted by molar-refractivity contribution is 5.92. The Morgan fingerprint density at radius 1 is 1.03 bits per heavy atom. The van der Waals surface area contributed by atoms with Crippen molar-refractivity contribution in [2.45, 2.75) is 106 Å². The summed E-state index contributed by atoms with van der Waals surface area (Å²) < 4.78 is 5.40. The van der Waals surface area contributed by atoms with Crippen LogP contribution in [0.15, 0.2) is 18.2 Å². The number of alkyl carbamates (subject to hydrolysis) is 1. The van der Waals surface area contributed by atoms with Crippen molar-refractivity contribution in [3.05, 3.63) is 34.9 Å². The Morgan fingerprint density at radius 3 is 2.09 bits per heavy atom. The zero-order valence-corrected chi connectivity index (χ0v) is 23.0. The van der Waals surface area contributed by atoms with Crippen LogP contribution >= 0.6 is 0 Å². The summed E-state index contributed by atoms with van der Waals surface area (Å²) in [5.74, 6) is -0.759. The summed E-state index contributed by atoms with van der Waals surface area (Å²) in [6.45, 7) is 21.1. The van der Waals surface area contributed by atoms with E-state index in [0.717, 1.165) is 16.7 Å². The van der Waals surface area contributed by atoms with E-state index in [0.29, 0.717) is 13.0 Å². The number of ether oxygens (including phenoxy) is 1. The number of carbonyl (C=O) groups is 3. The first-order valence-electron chi connectivity index (χ1n) is 12.2. The van der Waals surface area contributed by atoms with Crippen LogP contribution in [0.4, 0.5) is 4.79 Å². The lowest BCUT2D eigenvalue weighted by Gasteiger charge is -2.37. The van der Waals surface area contributed by atoms with Crippen LogP contribution in [0.2, 0.25) is 0 Å². The van der Waals surface area contributed by atoms with Crippen LogP contribution in [0, 0.1) is 19.8 Å². The van der Waals surface area contributed by atoms with Gasteiger partial charge in [-0.1, -0.05) is 39.0 Å². The van der Waals surface area contributed by atoms with Gasteiger partial charge in [0.2, 0.25) is 11.8 Å². The number of hydrogen-bond donors (Lipinski definition) is 2. The highest BCUT2D eigenvalue weighted by Crippen LogP contribution is 2.29. The minimum absolute atomic E-state index is 0.204. The number of amides is 3. The number of hydrogen-bond acceptors (Lipinski definition) is 4. The van der Waals surface area contributed by atoms with Crippen LogP contribution in [0.5, 0.6) is 0 Å². The first-order chi connectivity index (χ1) is 15.5. The van der Waals surface area contributed by atoms with Crippen molar-refractivity contribution in [2.75, 3.05) is 6.54 Å². The molecular formula is C27H45N3O4. The first-order valence-corrected chi connectivity index (χ1v) is 12.2. The van der Waals surface area contributed by atoms with Crippen molar-refractivity contribution in [3.8, 4) is 0 Å². The summed E-state index contributed by atoms with van der Waals surface area (Å²) in [5, 5.41) is 5.80. The van der Waals surface area contributed by atoms with E-state index in [-0.39, 0.29) is 17.7 Å². The molecule has 192 valence electrons. The molecule has 3 amide bonds. The van der Waals surface area contributed by atoms with Gasteiger partial charge in [0.1, 0.15) is 17.7 Å². The number of nitrogens with zero attached hydrogens (tertiary/aromatic N) is 1. The van der Waals surface area contributed by atoms with E-state index < -0.39 is 29.3 Å². The summed E-state index contributed by atoms with van der Waals surface area (Å²) >= 11 is 0. The van der Waals surface area contributed by atoms with Crippen molar-refractivity contribution in [1.29, 1.82) is 0 Å². The third-order valence-electron chi connectivity index (χ3n) is 5.35. The molecule has 0 saturated heterocycles. The molecule has 0 heterocycles. The molecule has 0 radical (unpaired) electrons. The predicted molar refractivity (Wildman–Crippen MR) is 137 cm³/mol. The second-order valence-electron chi connectivity index (χ2n) is 11.3. The Hall–Kier alpha value is -2.57. The lowest BCUT2D eigenvalue weighted by Crippen LogP contribution is -2.56. The van der Waals surface area contributed by atoms with Gasteiger partial charge in [-0.25, -0.2) is 4.79 Å². The quantitative estimate of drug-likeness (QED) is 0.551. The van der Waals surface area contributed by atoms with E-state index in [4.69, 9.17) is 4.74 Å². The normalized spacial score (nSPS) is 13.8. The lowest BCUT2D eigenvalue weighted by molar-refractivity contribution is -0.144. The fourth-order valence-corrected chi connectivity index (χ4v) is 3.69.